The second-order valence-electron chi connectivity index (χ2n) is 9.18. The molecule has 2 aromatic rings. The molecule has 0 radical (unpaired) electrons. The summed E-state index contributed by atoms with van der Waals surface area (Å²) in [7, 11) is -3.90. The van der Waals surface area contributed by atoms with Gasteiger partial charge in [-0.1, -0.05) is 44.2 Å². The predicted octanol–water partition coefficient (Wildman–Crippen LogP) is 2.40. The first-order chi connectivity index (χ1) is 16.6. The third-order valence-corrected chi connectivity index (χ3v) is 7.55. The lowest BCUT2D eigenvalue weighted by Crippen LogP contribution is -2.51. The van der Waals surface area contributed by atoms with Crippen molar-refractivity contribution in [2.75, 3.05) is 32.0 Å². The van der Waals surface area contributed by atoms with Crippen LogP contribution in [0.4, 0.5) is 10.5 Å². The molecule has 1 amide bonds. The number of hydrogen-bond acceptors (Lipinski definition) is 7. The second kappa shape index (κ2) is 12.3. The number of carbonyl (C=O) groups is 1. The number of nitrogens with zero attached hydrogens (tertiary/aromatic N) is 1. The highest BCUT2D eigenvalue weighted by Gasteiger charge is 2.32. The van der Waals surface area contributed by atoms with Crippen LogP contribution in [-0.4, -0.2) is 68.5 Å². The molecule has 9 nitrogen and oxygen atoms in total. The summed E-state index contributed by atoms with van der Waals surface area (Å²) in [6.45, 7) is 4.67. The molecule has 3 rings (SSSR count). The van der Waals surface area contributed by atoms with Gasteiger partial charge in [0, 0.05) is 25.2 Å². The van der Waals surface area contributed by atoms with E-state index in [1.54, 1.807) is 0 Å². The molecule has 1 heterocycles. The molecule has 0 unspecified atom stereocenters. The quantitative estimate of drug-likeness (QED) is 0.395. The maximum atomic E-state index is 13.4. The zero-order valence-corrected chi connectivity index (χ0v) is 21.0. The molecular formula is C25H35N3O6S. The van der Waals surface area contributed by atoms with Gasteiger partial charge in [0.25, 0.3) is 0 Å². The van der Waals surface area contributed by atoms with Crippen molar-refractivity contribution in [1.29, 1.82) is 0 Å². The van der Waals surface area contributed by atoms with Crippen molar-refractivity contribution in [3.8, 4) is 0 Å². The lowest BCUT2D eigenvalue weighted by Gasteiger charge is -2.30. The highest BCUT2D eigenvalue weighted by atomic mass is 32.2. The number of amides is 1. The van der Waals surface area contributed by atoms with Crippen molar-refractivity contribution in [3.05, 3.63) is 60.2 Å². The Balaban J connectivity index is 1.80. The lowest BCUT2D eigenvalue weighted by molar-refractivity contribution is 0.0644. The van der Waals surface area contributed by atoms with Gasteiger partial charge in [-0.15, -0.1) is 0 Å². The van der Waals surface area contributed by atoms with Gasteiger partial charge in [-0.25, -0.2) is 13.2 Å². The zero-order valence-electron chi connectivity index (χ0n) is 20.2. The van der Waals surface area contributed by atoms with E-state index in [4.69, 9.17) is 15.2 Å². The number of alkyl carbamates (subject to hydrolysis) is 1. The summed E-state index contributed by atoms with van der Waals surface area (Å²) < 4.78 is 38.7. The van der Waals surface area contributed by atoms with E-state index in [0.29, 0.717) is 31.7 Å². The normalized spacial score (nSPS) is 17.9. The fourth-order valence-electron chi connectivity index (χ4n) is 3.90. The Morgan fingerprint density at radius 3 is 2.46 bits per heavy atom. The first kappa shape index (κ1) is 26.9. The number of nitrogen functional groups attached to an aromatic ring is 1. The summed E-state index contributed by atoms with van der Waals surface area (Å²) in [6.07, 6.45) is -1.29. The molecule has 0 aromatic heterocycles. The maximum absolute atomic E-state index is 13.4. The van der Waals surface area contributed by atoms with Gasteiger partial charge in [0.05, 0.1) is 30.3 Å². The highest BCUT2D eigenvalue weighted by Crippen LogP contribution is 2.20. The number of sulfonamides is 1. The number of nitrogens with two attached hydrogens (primary N) is 1. The van der Waals surface area contributed by atoms with E-state index in [2.05, 4.69) is 5.32 Å². The number of benzene rings is 2. The standard InChI is InChI=1S/C25H35N3O6S/c1-18(2)15-28(35(31,32)22-10-8-20(26)9-11-22)16-24(29)23(14-19-6-4-3-5-7-19)27-25(30)34-21-12-13-33-17-21/h3-11,18,21,23-24,29H,12-17,26H2,1-2H3,(H,27,30)/t21-,23-,24+/m0/s1/i8+1,9+1,10+1,11+1,20+1,22+1. The van der Waals surface area contributed by atoms with Crippen LogP contribution in [0.5, 0.6) is 0 Å². The van der Waals surface area contributed by atoms with Gasteiger partial charge in [0.2, 0.25) is 10.0 Å². The molecule has 0 bridgehead atoms. The number of nitrogens with one attached hydrogen (secondary N) is 1. The summed E-state index contributed by atoms with van der Waals surface area (Å²) in [5.41, 5.74) is 7.06. The van der Waals surface area contributed by atoms with Crippen molar-refractivity contribution in [1.82, 2.24) is 9.62 Å². The topological polar surface area (TPSA) is 131 Å². The maximum Gasteiger partial charge on any atom is 0.407 e. The van der Waals surface area contributed by atoms with Crippen LogP contribution in [0.2, 0.25) is 0 Å². The van der Waals surface area contributed by atoms with E-state index < -0.39 is 28.3 Å². The molecule has 0 aliphatic carbocycles. The van der Waals surface area contributed by atoms with E-state index in [-0.39, 0.29) is 30.0 Å². The molecule has 2 aromatic carbocycles. The van der Waals surface area contributed by atoms with Crippen LogP contribution < -0.4 is 11.1 Å². The number of hydrogen-bond donors (Lipinski definition) is 3. The van der Waals surface area contributed by atoms with Crippen molar-refractivity contribution in [2.24, 2.45) is 5.92 Å². The predicted molar refractivity (Wildman–Crippen MR) is 133 cm³/mol. The number of anilines is 1. The van der Waals surface area contributed by atoms with Gasteiger partial charge >= 0.3 is 6.09 Å². The van der Waals surface area contributed by atoms with Crippen LogP contribution in [0.3, 0.4) is 0 Å². The Labute approximate surface area is 207 Å². The monoisotopic (exact) mass is 511 g/mol. The van der Waals surface area contributed by atoms with Crippen LogP contribution >= 0.6 is 0 Å². The smallest absolute Gasteiger partial charge is 0.407 e. The summed E-state index contributed by atoms with van der Waals surface area (Å²) in [4.78, 5) is 12.7. The molecular weight excluding hydrogens is 476 g/mol. The van der Waals surface area contributed by atoms with E-state index in [0.717, 1.165) is 5.56 Å². The molecule has 1 aliphatic heterocycles. The molecule has 10 heteroatoms. The zero-order chi connectivity index (χ0) is 25.4. The van der Waals surface area contributed by atoms with Crippen molar-refractivity contribution < 1.29 is 27.8 Å². The van der Waals surface area contributed by atoms with Gasteiger partial charge in [-0.05, 0) is 42.2 Å². The first-order valence-corrected chi connectivity index (χ1v) is 13.2. The largest absolute Gasteiger partial charge is 0.444 e. The van der Waals surface area contributed by atoms with Gasteiger partial charge in [-0.3, -0.25) is 0 Å². The summed E-state index contributed by atoms with van der Waals surface area (Å²) in [5.74, 6) is 0.0126. The SMILES string of the molecule is CC(C)CN(C[C@@H](O)[C@H](Cc1ccccc1)NC(=O)O[C@H]1CCOC1)S(=O)(=O)[13c]1[13cH][13cH][13c](N)[13cH][13cH]1. The van der Waals surface area contributed by atoms with E-state index in [1.807, 2.05) is 44.2 Å². The Hall–Kier alpha value is -2.66. The molecule has 1 fully saturated rings. The average molecular weight is 512 g/mol. The van der Waals surface area contributed by atoms with E-state index in [1.165, 1.54) is 28.6 Å². The summed E-state index contributed by atoms with van der Waals surface area (Å²) >= 11 is 0. The van der Waals surface area contributed by atoms with Gasteiger partial charge in [-0.2, -0.15) is 4.31 Å². The van der Waals surface area contributed by atoms with Crippen LogP contribution in [0.25, 0.3) is 0 Å². The summed E-state index contributed by atoms with van der Waals surface area (Å²) in [6, 6.07) is 14.6. The molecule has 1 aliphatic rings. The number of aliphatic hydroxyl groups excluding tert-OH is 1. The highest BCUT2D eigenvalue weighted by molar-refractivity contribution is 7.89. The molecule has 1 saturated heterocycles. The number of aliphatic hydroxyl groups is 1. The Bertz CT molecular complexity index is 1040. The van der Waals surface area contributed by atoms with Crippen LogP contribution in [0.1, 0.15) is 25.8 Å². The summed E-state index contributed by atoms with van der Waals surface area (Å²) in [5, 5.41) is 13.9. The molecule has 35 heavy (non-hydrogen) atoms. The fraction of sp³-hybridized carbons (Fsp3) is 0.480. The van der Waals surface area contributed by atoms with E-state index >= 15 is 0 Å². The molecule has 3 atom stereocenters. The van der Waals surface area contributed by atoms with Gasteiger partial charge < -0.3 is 25.6 Å². The first-order valence-electron chi connectivity index (χ1n) is 11.8. The van der Waals surface area contributed by atoms with Gasteiger partial charge in [0.1, 0.15) is 6.10 Å². The molecule has 0 spiro atoms. The van der Waals surface area contributed by atoms with Crippen molar-refractivity contribution in [2.45, 2.75) is 49.8 Å². The van der Waals surface area contributed by atoms with Crippen molar-refractivity contribution >= 4 is 21.8 Å². The third kappa shape index (κ3) is 7.93. The van der Waals surface area contributed by atoms with Crippen LogP contribution in [0.15, 0.2) is 59.5 Å². The minimum absolute atomic E-state index is 0.0126. The number of ether oxygens (including phenoxy) is 2. The van der Waals surface area contributed by atoms with E-state index in [9.17, 15) is 18.3 Å². The van der Waals surface area contributed by atoms with Crippen molar-refractivity contribution in [3.63, 3.8) is 0 Å². The fourth-order valence-corrected chi connectivity index (χ4v) is 5.52. The Kier molecular flexibility index (Phi) is 9.50. The average Bonchev–Trinajstić information content (AvgIpc) is 3.31. The lowest BCUT2D eigenvalue weighted by atomic mass is 10.0. The number of rotatable bonds is 11. The molecule has 4 N–H and O–H groups in total. The van der Waals surface area contributed by atoms with Gasteiger partial charge in [0.15, 0.2) is 0 Å². The Morgan fingerprint density at radius 2 is 1.86 bits per heavy atom. The number of carbonyl (C=O) groups excluding carboxylic acids is 1. The molecule has 0 saturated carbocycles. The Morgan fingerprint density at radius 1 is 1.17 bits per heavy atom. The van der Waals surface area contributed by atoms with Crippen LogP contribution in [0, 0.1) is 5.92 Å². The second-order valence-corrected chi connectivity index (χ2v) is 11.1. The van der Waals surface area contributed by atoms with Crippen LogP contribution in [-0.2, 0) is 25.9 Å². The minimum atomic E-state index is -3.90. The molecule has 192 valence electrons. The third-order valence-electron chi connectivity index (χ3n) is 5.71. The minimum Gasteiger partial charge on any atom is -0.444 e.